The van der Waals surface area contributed by atoms with Crippen molar-refractivity contribution in [1.29, 1.82) is 0 Å². The lowest BCUT2D eigenvalue weighted by Gasteiger charge is -2.33. The third-order valence-electron chi connectivity index (χ3n) is 4.17. The summed E-state index contributed by atoms with van der Waals surface area (Å²) >= 11 is 1.70. The Bertz CT molecular complexity index is 516. The normalized spacial score (nSPS) is 16.9. The Kier molecular flexibility index (Phi) is 6.92. The highest BCUT2D eigenvalue weighted by Crippen LogP contribution is 2.20. The molecule has 1 atom stereocenters. The number of nitrogens with two attached hydrogens (primary N) is 1. The smallest absolute Gasteiger partial charge is 0.239 e. The van der Waals surface area contributed by atoms with Crippen molar-refractivity contribution in [2.24, 2.45) is 11.7 Å². The van der Waals surface area contributed by atoms with E-state index < -0.39 is 6.04 Å². The van der Waals surface area contributed by atoms with E-state index in [4.69, 9.17) is 5.73 Å². The number of hydrogen-bond acceptors (Lipinski definition) is 4. The molecule has 0 aromatic heterocycles. The first-order valence-corrected chi connectivity index (χ1v) is 9.40. The van der Waals surface area contributed by atoms with Gasteiger partial charge in [0.25, 0.3) is 0 Å². The van der Waals surface area contributed by atoms with Crippen molar-refractivity contribution in [2.45, 2.75) is 25.3 Å². The van der Waals surface area contributed by atoms with Crippen molar-refractivity contribution in [2.75, 3.05) is 30.4 Å². The standard InChI is InChI=1S/C17H25N3O2S/c1-23-12-9-15(18)17(22)20-10-7-13(8-11-20)16(21)19-14-5-3-2-4-6-14/h2-6,13,15H,7-12,18H2,1H3,(H,19,21). The molecular weight excluding hydrogens is 310 g/mol. The van der Waals surface area contributed by atoms with Crippen LogP contribution in [0.25, 0.3) is 0 Å². The predicted octanol–water partition coefficient (Wildman–Crippen LogP) is 1.94. The Morgan fingerprint density at radius 1 is 1.30 bits per heavy atom. The fourth-order valence-electron chi connectivity index (χ4n) is 2.73. The summed E-state index contributed by atoms with van der Waals surface area (Å²) in [5, 5.41) is 2.94. The highest BCUT2D eigenvalue weighted by molar-refractivity contribution is 7.98. The van der Waals surface area contributed by atoms with Crippen molar-refractivity contribution in [3.05, 3.63) is 30.3 Å². The van der Waals surface area contributed by atoms with Crippen LogP contribution in [0.3, 0.4) is 0 Å². The predicted molar refractivity (Wildman–Crippen MR) is 95.4 cm³/mol. The zero-order valence-electron chi connectivity index (χ0n) is 13.5. The molecule has 2 rings (SSSR count). The second kappa shape index (κ2) is 8.93. The molecule has 0 bridgehead atoms. The van der Waals surface area contributed by atoms with E-state index in [2.05, 4.69) is 5.32 Å². The molecule has 1 aliphatic heterocycles. The Morgan fingerprint density at radius 3 is 2.57 bits per heavy atom. The third kappa shape index (κ3) is 5.25. The van der Waals surface area contributed by atoms with Crippen LogP contribution in [-0.4, -0.2) is 47.9 Å². The van der Waals surface area contributed by atoms with Crippen LogP contribution in [0.1, 0.15) is 19.3 Å². The number of para-hydroxylation sites is 1. The first-order chi connectivity index (χ1) is 11.1. The number of nitrogens with zero attached hydrogens (tertiary/aromatic N) is 1. The average molecular weight is 335 g/mol. The minimum Gasteiger partial charge on any atom is -0.341 e. The zero-order chi connectivity index (χ0) is 16.7. The number of hydrogen-bond donors (Lipinski definition) is 2. The molecule has 0 spiro atoms. The molecule has 1 heterocycles. The number of carbonyl (C=O) groups is 2. The van der Waals surface area contributed by atoms with E-state index in [-0.39, 0.29) is 17.7 Å². The molecule has 1 saturated heterocycles. The molecular formula is C17H25N3O2S. The van der Waals surface area contributed by atoms with Crippen molar-refractivity contribution in [3.63, 3.8) is 0 Å². The molecule has 1 aromatic carbocycles. The number of thioether (sulfide) groups is 1. The van der Waals surface area contributed by atoms with Gasteiger partial charge in [-0.2, -0.15) is 11.8 Å². The molecule has 23 heavy (non-hydrogen) atoms. The maximum atomic E-state index is 12.3. The molecule has 1 aromatic rings. The Morgan fingerprint density at radius 2 is 1.96 bits per heavy atom. The van der Waals surface area contributed by atoms with E-state index in [1.54, 1.807) is 16.7 Å². The molecule has 126 valence electrons. The van der Waals surface area contributed by atoms with E-state index >= 15 is 0 Å². The second-order valence-electron chi connectivity index (χ2n) is 5.84. The van der Waals surface area contributed by atoms with Gasteiger partial charge in [-0.05, 0) is 43.4 Å². The summed E-state index contributed by atoms with van der Waals surface area (Å²) in [5.41, 5.74) is 6.76. The number of benzene rings is 1. The van der Waals surface area contributed by atoms with Crippen molar-refractivity contribution >= 4 is 29.3 Å². The van der Waals surface area contributed by atoms with E-state index in [1.165, 1.54) is 0 Å². The lowest BCUT2D eigenvalue weighted by molar-refractivity contribution is -0.135. The summed E-state index contributed by atoms with van der Waals surface area (Å²) < 4.78 is 0. The summed E-state index contributed by atoms with van der Waals surface area (Å²) in [6.45, 7) is 1.22. The third-order valence-corrected chi connectivity index (χ3v) is 4.81. The topological polar surface area (TPSA) is 75.4 Å². The SMILES string of the molecule is CSCCC(N)C(=O)N1CCC(C(=O)Nc2ccccc2)CC1. The van der Waals surface area contributed by atoms with Gasteiger partial charge in [-0.15, -0.1) is 0 Å². The molecule has 2 amide bonds. The van der Waals surface area contributed by atoms with Crippen LogP contribution >= 0.6 is 11.8 Å². The number of likely N-dealkylation sites (tertiary alicyclic amines) is 1. The molecule has 3 N–H and O–H groups in total. The average Bonchev–Trinajstić information content (AvgIpc) is 2.60. The van der Waals surface area contributed by atoms with Crippen LogP contribution in [0.4, 0.5) is 5.69 Å². The van der Waals surface area contributed by atoms with Gasteiger partial charge in [0.15, 0.2) is 0 Å². The van der Waals surface area contributed by atoms with E-state index in [0.29, 0.717) is 32.4 Å². The lowest BCUT2D eigenvalue weighted by atomic mass is 9.95. The lowest BCUT2D eigenvalue weighted by Crippen LogP contribution is -2.48. The molecule has 6 heteroatoms. The minimum absolute atomic E-state index is 0.0148. The van der Waals surface area contributed by atoms with Crippen LogP contribution in [0.5, 0.6) is 0 Å². The number of rotatable bonds is 6. The van der Waals surface area contributed by atoms with E-state index in [0.717, 1.165) is 11.4 Å². The number of piperidine rings is 1. The molecule has 5 nitrogen and oxygen atoms in total. The largest absolute Gasteiger partial charge is 0.341 e. The Hall–Kier alpha value is -1.53. The summed E-state index contributed by atoms with van der Waals surface area (Å²) in [5.74, 6) is 0.903. The number of carbonyl (C=O) groups excluding carboxylic acids is 2. The van der Waals surface area contributed by atoms with Gasteiger partial charge < -0.3 is 16.0 Å². The fraction of sp³-hybridized carbons (Fsp3) is 0.529. The summed E-state index contributed by atoms with van der Waals surface area (Å²) in [6, 6.07) is 9.04. The number of anilines is 1. The Labute approximate surface area is 142 Å². The van der Waals surface area contributed by atoms with E-state index in [9.17, 15) is 9.59 Å². The quantitative estimate of drug-likeness (QED) is 0.833. The van der Waals surface area contributed by atoms with Gasteiger partial charge in [-0.3, -0.25) is 9.59 Å². The molecule has 1 aliphatic rings. The van der Waals surface area contributed by atoms with Crippen molar-refractivity contribution < 1.29 is 9.59 Å². The first-order valence-electron chi connectivity index (χ1n) is 8.01. The van der Waals surface area contributed by atoms with Crippen LogP contribution in [0, 0.1) is 5.92 Å². The monoisotopic (exact) mass is 335 g/mol. The van der Waals surface area contributed by atoms with Crippen LogP contribution in [0.2, 0.25) is 0 Å². The van der Waals surface area contributed by atoms with Gasteiger partial charge in [-0.25, -0.2) is 0 Å². The number of nitrogens with one attached hydrogen (secondary N) is 1. The molecule has 0 radical (unpaired) electrons. The molecule has 0 saturated carbocycles. The van der Waals surface area contributed by atoms with Crippen LogP contribution in [-0.2, 0) is 9.59 Å². The van der Waals surface area contributed by atoms with Gasteiger partial charge in [0.1, 0.15) is 0 Å². The van der Waals surface area contributed by atoms with Crippen molar-refractivity contribution in [1.82, 2.24) is 4.90 Å². The van der Waals surface area contributed by atoms with Crippen molar-refractivity contribution in [3.8, 4) is 0 Å². The van der Waals surface area contributed by atoms with Crippen LogP contribution < -0.4 is 11.1 Å². The number of amides is 2. The summed E-state index contributed by atoms with van der Waals surface area (Å²) in [7, 11) is 0. The second-order valence-corrected chi connectivity index (χ2v) is 6.83. The molecule has 1 unspecified atom stereocenters. The highest BCUT2D eigenvalue weighted by atomic mass is 32.2. The summed E-state index contributed by atoms with van der Waals surface area (Å²) in [6.07, 6.45) is 4.10. The summed E-state index contributed by atoms with van der Waals surface area (Å²) in [4.78, 5) is 26.3. The van der Waals surface area contributed by atoms with Crippen LogP contribution in [0.15, 0.2) is 30.3 Å². The van der Waals surface area contributed by atoms with Gasteiger partial charge >= 0.3 is 0 Å². The maximum absolute atomic E-state index is 12.3. The fourth-order valence-corrected chi connectivity index (χ4v) is 3.22. The van der Waals surface area contributed by atoms with Gasteiger partial charge in [-0.1, -0.05) is 18.2 Å². The highest BCUT2D eigenvalue weighted by Gasteiger charge is 2.29. The van der Waals surface area contributed by atoms with Gasteiger partial charge in [0.2, 0.25) is 11.8 Å². The Balaban J connectivity index is 1.79. The molecule has 1 fully saturated rings. The first kappa shape index (κ1) is 17.8. The van der Waals surface area contributed by atoms with Gasteiger partial charge in [0.05, 0.1) is 6.04 Å². The molecule has 0 aliphatic carbocycles. The zero-order valence-corrected chi connectivity index (χ0v) is 14.3. The van der Waals surface area contributed by atoms with E-state index in [1.807, 2.05) is 36.6 Å². The maximum Gasteiger partial charge on any atom is 0.239 e. The minimum atomic E-state index is -0.419. The van der Waals surface area contributed by atoms with Gasteiger partial charge in [0, 0.05) is 24.7 Å².